The first-order valence-electron chi connectivity index (χ1n) is 10.5. The van der Waals surface area contributed by atoms with Crippen LogP contribution in [0.5, 0.6) is 0 Å². The largest absolute Gasteiger partial charge is 0.398 e. The van der Waals surface area contributed by atoms with Gasteiger partial charge in [-0.2, -0.15) is 0 Å². The van der Waals surface area contributed by atoms with Gasteiger partial charge in [0.2, 0.25) is 0 Å². The lowest BCUT2D eigenvalue weighted by molar-refractivity contribution is 1.62. The Morgan fingerprint density at radius 3 is 1.16 bits per heavy atom. The maximum atomic E-state index is 6.21. The van der Waals surface area contributed by atoms with E-state index in [9.17, 15) is 0 Å². The minimum absolute atomic E-state index is 0.847. The summed E-state index contributed by atoms with van der Waals surface area (Å²) in [5.41, 5.74) is 9.61. The zero-order valence-corrected chi connectivity index (χ0v) is 17.2. The Balaban J connectivity index is 0.000000147. The fourth-order valence-corrected chi connectivity index (χ4v) is 4.25. The standard InChI is InChI=1S/C18H13N.C12H10/c19-17-11-5-10-16-14-7-2-1-6-12(14)13-8-3-4-9-15(13)18(16)17;1-3-7-11(8-4-1)12-9-5-2-6-10-12/h1-11H,19H2;1-10H. The summed E-state index contributed by atoms with van der Waals surface area (Å²) in [6, 6.07) is 43.9. The summed E-state index contributed by atoms with van der Waals surface area (Å²) in [5.74, 6) is 0. The van der Waals surface area contributed by atoms with Crippen LogP contribution in [0.1, 0.15) is 0 Å². The van der Waals surface area contributed by atoms with Crippen LogP contribution in [0.25, 0.3) is 43.4 Å². The van der Waals surface area contributed by atoms with E-state index in [2.05, 4.69) is 103 Å². The Kier molecular flexibility index (Phi) is 5.08. The average molecular weight is 398 g/mol. The van der Waals surface area contributed by atoms with E-state index in [4.69, 9.17) is 5.73 Å². The molecule has 0 aromatic heterocycles. The quantitative estimate of drug-likeness (QED) is 0.220. The van der Waals surface area contributed by atoms with Crippen molar-refractivity contribution in [3.63, 3.8) is 0 Å². The molecule has 0 atom stereocenters. The Labute approximate surface area is 182 Å². The minimum Gasteiger partial charge on any atom is -0.398 e. The predicted molar refractivity (Wildman–Crippen MR) is 135 cm³/mol. The molecular formula is C30H23N. The number of benzene rings is 6. The van der Waals surface area contributed by atoms with Gasteiger partial charge in [0.1, 0.15) is 0 Å². The first-order valence-corrected chi connectivity index (χ1v) is 10.5. The molecule has 31 heavy (non-hydrogen) atoms. The average Bonchev–Trinajstić information content (AvgIpc) is 2.86. The monoisotopic (exact) mass is 397 g/mol. The molecule has 0 aliphatic carbocycles. The number of hydrogen-bond donors (Lipinski definition) is 1. The van der Waals surface area contributed by atoms with Crippen LogP contribution in [-0.4, -0.2) is 0 Å². The third kappa shape index (κ3) is 3.62. The smallest absolute Gasteiger partial charge is 0.0400 e. The molecule has 0 bridgehead atoms. The Hall–Kier alpha value is -4.10. The van der Waals surface area contributed by atoms with Crippen LogP contribution in [0, 0.1) is 0 Å². The summed E-state index contributed by atoms with van der Waals surface area (Å²) in [6.07, 6.45) is 0. The number of nitrogens with two attached hydrogens (primary N) is 1. The van der Waals surface area contributed by atoms with Crippen molar-refractivity contribution in [3.05, 3.63) is 127 Å². The number of nitrogen functional groups attached to an aromatic ring is 1. The molecule has 0 saturated carbocycles. The number of rotatable bonds is 1. The van der Waals surface area contributed by atoms with Crippen molar-refractivity contribution < 1.29 is 0 Å². The van der Waals surface area contributed by atoms with Gasteiger partial charge >= 0.3 is 0 Å². The van der Waals surface area contributed by atoms with Gasteiger partial charge in [0, 0.05) is 11.1 Å². The van der Waals surface area contributed by atoms with Crippen molar-refractivity contribution >= 4 is 38.0 Å². The van der Waals surface area contributed by atoms with E-state index in [-0.39, 0.29) is 0 Å². The second-order valence-corrected chi connectivity index (χ2v) is 7.59. The predicted octanol–water partition coefficient (Wildman–Crippen LogP) is 8.08. The Morgan fingerprint density at radius 2 is 0.677 bits per heavy atom. The van der Waals surface area contributed by atoms with Crippen LogP contribution in [0.3, 0.4) is 0 Å². The fraction of sp³-hybridized carbons (Fsp3) is 0. The Morgan fingerprint density at radius 1 is 0.323 bits per heavy atom. The summed E-state index contributed by atoms with van der Waals surface area (Å²) >= 11 is 0. The summed E-state index contributed by atoms with van der Waals surface area (Å²) in [6.45, 7) is 0. The molecule has 1 nitrogen and oxygen atoms in total. The first kappa shape index (κ1) is 18.9. The third-order valence-electron chi connectivity index (χ3n) is 5.68. The van der Waals surface area contributed by atoms with Gasteiger partial charge in [-0.1, -0.05) is 121 Å². The highest BCUT2D eigenvalue weighted by Crippen LogP contribution is 2.37. The molecule has 0 aliphatic heterocycles. The van der Waals surface area contributed by atoms with E-state index in [1.807, 2.05) is 24.3 Å². The maximum absolute atomic E-state index is 6.21. The van der Waals surface area contributed by atoms with Crippen molar-refractivity contribution in [2.24, 2.45) is 0 Å². The van der Waals surface area contributed by atoms with Gasteiger partial charge in [-0.15, -0.1) is 0 Å². The molecule has 0 heterocycles. The first-order chi connectivity index (χ1) is 15.3. The molecule has 6 aromatic carbocycles. The molecule has 0 unspecified atom stereocenters. The lowest BCUT2D eigenvalue weighted by Gasteiger charge is -2.11. The van der Waals surface area contributed by atoms with E-state index in [0.717, 1.165) is 11.1 Å². The lowest BCUT2D eigenvalue weighted by atomic mass is 9.94. The number of fused-ring (bicyclic) bond motifs is 6. The highest BCUT2D eigenvalue weighted by Gasteiger charge is 2.09. The molecule has 0 spiro atoms. The van der Waals surface area contributed by atoms with Gasteiger partial charge in [0.25, 0.3) is 0 Å². The van der Waals surface area contributed by atoms with Gasteiger partial charge < -0.3 is 5.73 Å². The van der Waals surface area contributed by atoms with Crippen molar-refractivity contribution in [2.45, 2.75) is 0 Å². The maximum Gasteiger partial charge on any atom is 0.0400 e. The van der Waals surface area contributed by atoms with Crippen LogP contribution in [-0.2, 0) is 0 Å². The molecule has 0 fully saturated rings. The fourth-order valence-electron chi connectivity index (χ4n) is 4.25. The van der Waals surface area contributed by atoms with Gasteiger partial charge in [0.05, 0.1) is 0 Å². The zero-order chi connectivity index (χ0) is 21.0. The second-order valence-electron chi connectivity index (χ2n) is 7.59. The van der Waals surface area contributed by atoms with E-state index >= 15 is 0 Å². The summed E-state index contributed by atoms with van der Waals surface area (Å²) in [7, 11) is 0. The molecule has 148 valence electrons. The number of anilines is 1. The molecule has 0 radical (unpaired) electrons. The zero-order valence-electron chi connectivity index (χ0n) is 17.2. The van der Waals surface area contributed by atoms with Gasteiger partial charge in [-0.05, 0) is 44.1 Å². The van der Waals surface area contributed by atoms with Crippen LogP contribution in [0.4, 0.5) is 5.69 Å². The molecule has 6 rings (SSSR count). The van der Waals surface area contributed by atoms with Crippen molar-refractivity contribution in [2.75, 3.05) is 5.73 Å². The van der Waals surface area contributed by atoms with E-state index in [1.165, 1.54) is 38.1 Å². The van der Waals surface area contributed by atoms with Gasteiger partial charge in [-0.25, -0.2) is 0 Å². The minimum atomic E-state index is 0.847. The summed E-state index contributed by atoms with van der Waals surface area (Å²) < 4.78 is 0. The molecule has 0 aliphatic rings. The van der Waals surface area contributed by atoms with Crippen LogP contribution >= 0.6 is 0 Å². The SMILES string of the molecule is Nc1cccc2c3ccccc3c3ccccc3c12.c1ccc(-c2ccccc2)cc1. The summed E-state index contributed by atoms with van der Waals surface area (Å²) in [5, 5.41) is 7.45. The van der Waals surface area contributed by atoms with Crippen LogP contribution in [0.15, 0.2) is 127 Å². The second kappa shape index (κ2) is 8.33. The molecule has 2 N–H and O–H groups in total. The Bertz CT molecular complexity index is 1390. The van der Waals surface area contributed by atoms with Gasteiger partial charge in [-0.3, -0.25) is 0 Å². The third-order valence-corrected chi connectivity index (χ3v) is 5.68. The topological polar surface area (TPSA) is 26.0 Å². The highest BCUT2D eigenvalue weighted by atomic mass is 14.5. The van der Waals surface area contributed by atoms with Crippen molar-refractivity contribution in [1.29, 1.82) is 0 Å². The van der Waals surface area contributed by atoms with E-state index < -0.39 is 0 Å². The van der Waals surface area contributed by atoms with E-state index in [0.29, 0.717) is 0 Å². The molecule has 0 saturated heterocycles. The normalized spacial score (nSPS) is 10.7. The van der Waals surface area contributed by atoms with Crippen LogP contribution in [0.2, 0.25) is 0 Å². The summed E-state index contributed by atoms with van der Waals surface area (Å²) in [4.78, 5) is 0. The molecular weight excluding hydrogens is 374 g/mol. The van der Waals surface area contributed by atoms with Crippen molar-refractivity contribution in [1.82, 2.24) is 0 Å². The van der Waals surface area contributed by atoms with Crippen molar-refractivity contribution in [3.8, 4) is 11.1 Å². The van der Waals surface area contributed by atoms with Gasteiger partial charge in [0.15, 0.2) is 0 Å². The lowest BCUT2D eigenvalue weighted by Crippen LogP contribution is -1.89. The molecule has 0 amide bonds. The molecule has 1 heteroatoms. The highest BCUT2D eigenvalue weighted by molar-refractivity contribution is 6.27. The van der Waals surface area contributed by atoms with Crippen LogP contribution < -0.4 is 5.73 Å². The molecule has 6 aromatic rings. The van der Waals surface area contributed by atoms with E-state index in [1.54, 1.807) is 0 Å². The number of hydrogen-bond acceptors (Lipinski definition) is 1.